The van der Waals surface area contributed by atoms with E-state index in [1.54, 1.807) is 35.2 Å². The minimum absolute atomic E-state index is 0.161. The summed E-state index contributed by atoms with van der Waals surface area (Å²) >= 11 is 0. The average Bonchev–Trinajstić information content (AvgIpc) is 3.00. The number of phenolic OH excluding ortho intramolecular Hbond substituents is 1. The van der Waals surface area contributed by atoms with Crippen molar-refractivity contribution in [2.75, 3.05) is 0 Å². The van der Waals surface area contributed by atoms with Gasteiger partial charge in [0.25, 0.3) is 5.56 Å². The largest absolute Gasteiger partial charge is 0.508 e. The fourth-order valence-corrected chi connectivity index (χ4v) is 2.64. The molecule has 0 saturated carbocycles. The molecule has 4 rings (SSSR count). The lowest BCUT2D eigenvalue weighted by molar-refractivity contribution is 0.475. The van der Waals surface area contributed by atoms with Crippen LogP contribution in [0.1, 0.15) is 5.56 Å². The molecule has 0 atom stereocenters. The van der Waals surface area contributed by atoms with Gasteiger partial charge in [-0.3, -0.25) is 4.79 Å². The average molecular weight is 318 g/mol. The molecule has 2 N–H and O–H groups in total. The van der Waals surface area contributed by atoms with Crippen LogP contribution in [-0.2, 0) is 6.54 Å². The number of hydrogen-bond donors (Lipinski definition) is 2. The van der Waals surface area contributed by atoms with E-state index in [-0.39, 0.29) is 11.3 Å². The normalized spacial score (nSPS) is 11.0. The zero-order valence-electron chi connectivity index (χ0n) is 12.7. The third-order valence-electron chi connectivity index (χ3n) is 3.82. The second-order valence-electron chi connectivity index (χ2n) is 5.49. The summed E-state index contributed by atoms with van der Waals surface area (Å²) in [5.41, 5.74) is 2.40. The van der Waals surface area contributed by atoms with E-state index >= 15 is 0 Å². The number of H-pyrrole nitrogens is 1. The molecule has 0 saturated heterocycles. The SMILES string of the molecule is O=c1[nH]c(-c2ccc(O)cc2)nc2ncn(Cc3ccccc3)c12. The van der Waals surface area contributed by atoms with Crippen molar-refractivity contribution in [3.05, 3.63) is 76.8 Å². The quantitative estimate of drug-likeness (QED) is 0.608. The molecule has 0 fully saturated rings. The van der Waals surface area contributed by atoms with E-state index in [2.05, 4.69) is 15.0 Å². The molecule has 0 aliphatic carbocycles. The molecular formula is C18H14N4O2. The third kappa shape index (κ3) is 2.54. The van der Waals surface area contributed by atoms with Gasteiger partial charge < -0.3 is 14.7 Å². The highest BCUT2D eigenvalue weighted by Gasteiger charge is 2.12. The number of imidazole rings is 1. The van der Waals surface area contributed by atoms with Crippen molar-refractivity contribution in [3.8, 4) is 17.1 Å². The van der Waals surface area contributed by atoms with E-state index in [4.69, 9.17) is 0 Å². The molecule has 118 valence electrons. The van der Waals surface area contributed by atoms with Gasteiger partial charge in [-0.2, -0.15) is 0 Å². The summed E-state index contributed by atoms with van der Waals surface area (Å²) in [6, 6.07) is 16.4. The molecule has 2 aromatic carbocycles. The molecule has 0 amide bonds. The molecule has 4 aromatic rings. The zero-order chi connectivity index (χ0) is 16.5. The molecule has 0 spiro atoms. The van der Waals surface area contributed by atoms with Gasteiger partial charge in [0, 0.05) is 12.1 Å². The maximum Gasteiger partial charge on any atom is 0.277 e. The highest BCUT2D eigenvalue weighted by Crippen LogP contribution is 2.19. The van der Waals surface area contributed by atoms with Gasteiger partial charge in [-0.15, -0.1) is 0 Å². The van der Waals surface area contributed by atoms with E-state index in [0.29, 0.717) is 29.1 Å². The van der Waals surface area contributed by atoms with Crippen LogP contribution in [0.4, 0.5) is 0 Å². The van der Waals surface area contributed by atoms with Crippen LogP contribution in [0.3, 0.4) is 0 Å². The van der Waals surface area contributed by atoms with Gasteiger partial charge in [0.2, 0.25) is 0 Å². The highest BCUT2D eigenvalue weighted by molar-refractivity contribution is 5.72. The number of aromatic amines is 1. The maximum atomic E-state index is 12.5. The molecule has 6 nitrogen and oxygen atoms in total. The van der Waals surface area contributed by atoms with Gasteiger partial charge in [-0.05, 0) is 29.8 Å². The number of benzene rings is 2. The van der Waals surface area contributed by atoms with Gasteiger partial charge in [0.15, 0.2) is 11.2 Å². The van der Waals surface area contributed by atoms with Crippen molar-refractivity contribution in [1.29, 1.82) is 0 Å². The summed E-state index contributed by atoms with van der Waals surface area (Å²) in [4.78, 5) is 24.0. The topological polar surface area (TPSA) is 83.8 Å². The Morgan fingerprint density at radius 3 is 2.54 bits per heavy atom. The molecule has 6 heteroatoms. The van der Waals surface area contributed by atoms with E-state index in [1.165, 1.54) is 0 Å². The Bertz CT molecular complexity index is 1050. The number of fused-ring (bicyclic) bond motifs is 1. The molecule has 0 aliphatic heterocycles. The highest BCUT2D eigenvalue weighted by atomic mass is 16.3. The Kier molecular flexibility index (Phi) is 3.35. The number of aromatic hydroxyl groups is 1. The number of rotatable bonds is 3. The molecular weight excluding hydrogens is 304 g/mol. The third-order valence-corrected chi connectivity index (χ3v) is 3.82. The number of aromatic nitrogens is 4. The lowest BCUT2D eigenvalue weighted by atomic mass is 10.2. The van der Waals surface area contributed by atoms with Gasteiger partial charge in [0.1, 0.15) is 11.6 Å². The summed E-state index contributed by atoms with van der Waals surface area (Å²) in [5, 5.41) is 9.37. The van der Waals surface area contributed by atoms with Crippen LogP contribution in [0.15, 0.2) is 65.7 Å². The van der Waals surface area contributed by atoms with Crippen LogP contribution in [0.2, 0.25) is 0 Å². The van der Waals surface area contributed by atoms with Crippen LogP contribution in [0, 0.1) is 0 Å². The first-order valence-electron chi connectivity index (χ1n) is 7.49. The van der Waals surface area contributed by atoms with Crippen molar-refractivity contribution in [1.82, 2.24) is 19.5 Å². The van der Waals surface area contributed by atoms with Crippen molar-refractivity contribution >= 4 is 11.2 Å². The molecule has 0 radical (unpaired) electrons. The van der Waals surface area contributed by atoms with E-state index in [9.17, 15) is 9.90 Å². The second-order valence-corrected chi connectivity index (χ2v) is 5.49. The number of hydrogen-bond acceptors (Lipinski definition) is 4. The Morgan fingerprint density at radius 1 is 1.04 bits per heavy atom. The molecule has 0 unspecified atom stereocenters. The van der Waals surface area contributed by atoms with E-state index < -0.39 is 0 Å². The molecule has 0 bridgehead atoms. The van der Waals surface area contributed by atoms with Crippen LogP contribution < -0.4 is 5.56 Å². The first kappa shape index (κ1) is 14.2. The van der Waals surface area contributed by atoms with Crippen LogP contribution in [0.25, 0.3) is 22.6 Å². The van der Waals surface area contributed by atoms with Gasteiger partial charge in [-0.1, -0.05) is 30.3 Å². The summed E-state index contributed by atoms with van der Waals surface area (Å²) in [6.07, 6.45) is 1.63. The molecule has 0 aliphatic rings. The molecule has 2 heterocycles. The van der Waals surface area contributed by atoms with Gasteiger partial charge in [-0.25, -0.2) is 9.97 Å². The van der Waals surface area contributed by atoms with Crippen molar-refractivity contribution < 1.29 is 5.11 Å². The Morgan fingerprint density at radius 2 is 1.79 bits per heavy atom. The molecule has 2 aromatic heterocycles. The van der Waals surface area contributed by atoms with E-state index in [1.807, 2.05) is 30.3 Å². The maximum absolute atomic E-state index is 12.5. The van der Waals surface area contributed by atoms with Gasteiger partial charge in [0.05, 0.1) is 6.33 Å². The smallest absolute Gasteiger partial charge is 0.277 e. The van der Waals surface area contributed by atoms with Crippen LogP contribution in [0.5, 0.6) is 5.75 Å². The monoisotopic (exact) mass is 318 g/mol. The van der Waals surface area contributed by atoms with Crippen molar-refractivity contribution in [2.45, 2.75) is 6.54 Å². The van der Waals surface area contributed by atoms with Gasteiger partial charge >= 0.3 is 0 Å². The van der Waals surface area contributed by atoms with Crippen molar-refractivity contribution in [2.24, 2.45) is 0 Å². The van der Waals surface area contributed by atoms with Crippen molar-refractivity contribution in [3.63, 3.8) is 0 Å². The first-order chi connectivity index (χ1) is 11.7. The number of nitrogens with zero attached hydrogens (tertiary/aromatic N) is 3. The lowest BCUT2D eigenvalue weighted by Crippen LogP contribution is -2.13. The number of phenols is 1. The second kappa shape index (κ2) is 5.66. The summed E-state index contributed by atoms with van der Waals surface area (Å²) in [6.45, 7) is 0.556. The van der Waals surface area contributed by atoms with Crippen LogP contribution in [-0.4, -0.2) is 24.6 Å². The molecule has 24 heavy (non-hydrogen) atoms. The summed E-state index contributed by atoms with van der Waals surface area (Å²) in [5.74, 6) is 0.590. The zero-order valence-corrected chi connectivity index (χ0v) is 12.7. The summed E-state index contributed by atoms with van der Waals surface area (Å²) < 4.78 is 1.79. The predicted molar refractivity (Wildman–Crippen MR) is 90.8 cm³/mol. The Hall–Kier alpha value is -3.41. The predicted octanol–water partition coefficient (Wildman–Crippen LogP) is 2.54. The first-order valence-corrected chi connectivity index (χ1v) is 7.49. The lowest BCUT2D eigenvalue weighted by Gasteiger charge is -2.05. The Balaban J connectivity index is 1.78. The van der Waals surface area contributed by atoms with E-state index in [0.717, 1.165) is 5.56 Å². The minimum atomic E-state index is -0.239. The minimum Gasteiger partial charge on any atom is -0.508 e. The standard InChI is InChI=1S/C18H14N4O2/c23-14-8-6-13(7-9-14)16-20-17-15(18(24)21-16)22(11-19-17)10-12-4-2-1-3-5-12/h1-9,11,23H,10H2,(H,20,21,24). The summed E-state index contributed by atoms with van der Waals surface area (Å²) in [7, 11) is 0. The fraction of sp³-hybridized carbons (Fsp3) is 0.0556. The van der Waals surface area contributed by atoms with Crippen LogP contribution >= 0.6 is 0 Å². The number of nitrogens with one attached hydrogen (secondary N) is 1. The fourth-order valence-electron chi connectivity index (χ4n) is 2.64. The Labute approximate surface area is 137 Å².